The monoisotopic (exact) mass is 475 g/mol. The van der Waals surface area contributed by atoms with Crippen molar-refractivity contribution in [2.75, 3.05) is 18.5 Å². The number of nitrogens with one attached hydrogen (secondary N) is 1. The van der Waals surface area contributed by atoms with Crippen LogP contribution in [0.3, 0.4) is 0 Å². The summed E-state index contributed by atoms with van der Waals surface area (Å²) in [7, 11) is 0. The molecular formula is C25H18ClN3O5. The molecular weight excluding hydrogens is 458 g/mol. The van der Waals surface area contributed by atoms with Crippen LogP contribution >= 0.6 is 11.6 Å². The molecule has 0 radical (unpaired) electrons. The largest absolute Gasteiger partial charge is 0.486 e. The predicted molar refractivity (Wildman–Crippen MR) is 127 cm³/mol. The third kappa shape index (κ3) is 4.23. The molecule has 0 aliphatic carbocycles. The first-order chi connectivity index (χ1) is 16.5. The van der Waals surface area contributed by atoms with Crippen LogP contribution in [0, 0.1) is 0 Å². The van der Waals surface area contributed by atoms with Gasteiger partial charge in [-0.25, -0.2) is 0 Å². The van der Waals surface area contributed by atoms with Crippen molar-refractivity contribution in [3.8, 4) is 11.5 Å². The summed E-state index contributed by atoms with van der Waals surface area (Å²) < 4.78 is 12.6. The normalized spacial score (nSPS) is 12.4. The Labute approximate surface area is 198 Å². The van der Waals surface area contributed by atoms with Crippen LogP contribution in [0.15, 0.2) is 71.9 Å². The summed E-state index contributed by atoms with van der Waals surface area (Å²) in [6.07, 6.45) is 4.36. The molecule has 0 atom stereocenters. The molecule has 8 nitrogen and oxygen atoms in total. The smallest absolute Gasteiger partial charge is 0.244 e. The van der Waals surface area contributed by atoms with E-state index in [1.165, 1.54) is 36.8 Å². The lowest BCUT2D eigenvalue weighted by Gasteiger charge is -2.19. The zero-order valence-corrected chi connectivity index (χ0v) is 18.5. The SMILES string of the molecule is O=C(Cn1cc(C(=O)c2ccncc2)c(=O)c2cc(Cl)ccc21)Nc1ccc2c(c1)OCCO2. The minimum Gasteiger partial charge on any atom is -0.486 e. The Morgan fingerprint density at radius 3 is 2.56 bits per heavy atom. The molecule has 2 aromatic carbocycles. The fourth-order valence-electron chi connectivity index (χ4n) is 3.80. The molecule has 4 aromatic rings. The van der Waals surface area contributed by atoms with E-state index < -0.39 is 11.2 Å². The van der Waals surface area contributed by atoms with Crippen molar-refractivity contribution in [3.63, 3.8) is 0 Å². The van der Waals surface area contributed by atoms with Gasteiger partial charge in [-0.15, -0.1) is 0 Å². The van der Waals surface area contributed by atoms with Crippen LogP contribution in [-0.2, 0) is 11.3 Å². The molecule has 1 amide bonds. The number of hydrogen-bond acceptors (Lipinski definition) is 6. The van der Waals surface area contributed by atoms with Crippen molar-refractivity contribution < 1.29 is 19.1 Å². The number of ether oxygens (including phenoxy) is 2. The summed E-state index contributed by atoms with van der Waals surface area (Å²) in [6.45, 7) is 0.775. The number of nitrogens with zero attached hydrogens (tertiary/aromatic N) is 2. The van der Waals surface area contributed by atoms with Crippen molar-refractivity contribution in [2.45, 2.75) is 6.54 Å². The minimum atomic E-state index is -0.463. The van der Waals surface area contributed by atoms with Gasteiger partial charge < -0.3 is 19.4 Å². The molecule has 0 saturated carbocycles. The maximum Gasteiger partial charge on any atom is 0.244 e. The van der Waals surface area contributed by atoms with Gasteiger partial charge in [0.15, 0.2) is 17.3 Å². The third-order valence-corrected chi connectivity index (χ3v) is 5.60. The van der Waals surface area contributed by atoms with Crippen LogP contribution in [0.1, 0.15) is 15.9 Å². The summed E-state index contributed by atoms with van der Waals surface area (Å²) in [5.74, 6) is 0.360. The Morgan fingerprint density at radius 1 is 1.00 bits per heavy atom. The number of amides is 1. The van der Waals surface area contributed by atoms with Crippen LogP contribution < -0.4 is 20.2 Å². The van der Waals surface area contributed by atoms with E-state index in [4.69, 9.17) is 21.1 Å². The van der Waals surface area contributed by atoms with Gasteiger partial charge in [-0.3, -0.25) is 19.4 Å². The first-order valence-corrected chi connectivity index (χ1v) is 10.8. The van der Waals surface area contributed by atoms with E-state index in [1.54, 1.807) is 34.9 Å². The van der Waals surface area contributed by atoms with Gasteiger partial charge in [0.25, 0.3) is 0 Å². The molecule has 2 aromatic heterocycles. The average Bonchev–Trinajstić information content (AvgIpc) is 2.85. The molecule has 0 spiro atoms. The van der Waals surface area contributed by atoms with Gasteiger partial charge in [0.1, 0.15) is 19.8 Å². The van der Waals surface area contributed by atoms with Gasteiger partial charge in [-0.2, -0.15) is 0 Å². The number of fused-ring (bicyclic) bond motifs is 2. The van der Waals surface area contributed by atoms with Crippen LogP contribution in [-0.4, -0.2) is 34.5 Å². The Bertz CT molecular complexity index is 1480. The third-order valence-electron chi connectivity index (χ3n) is 5.37. The summed E-state index contributed by atoms with van der Waals surface area (Å²) in [4.78, 5) is 43.0. The van der Waals surface area contributed by atoms with Crippen molar-refractivity contribution in [2.24, 2.45) is 0 Å². The van der Waals surface area contributed by atoms with Crippen LogP contribution in [0.2, 0.25) is 5.02 Å². The van der Waals surface area contributed by atoms with E-state index in [2.05, 4.69) is 10.3 Å². The first kappa shape index (κ1) is 21.7. The molecule has 3 heterocycles. The number of carbonyl (C=O) groups excluding carboxylic acids is 2. The highest BCUT2D eigenvalue weighted by atomic mass is 35.5. The maximum absolute atomic E-state index is 13.1. The van der Waals surface area contributed by atoms with E-state index >= 15 is 0 Å². The van der Waals surface area contributed by atoms with E-state index in [-0.39, 0.29) is 23.4 Å². The number of pyridine rings is 2. The lowest BCUT2D eigenvalue weighted by molar-refractivity contribution is -0.116. The van der Waals surface area contributed by atoms with Crippen LogP contribution in [0.4, 0.5) is 5.69 Å². The Hall–Kier alpha value is -4.17. The second kappa shape index (κ2) is 8.99. The number of carbonyl (C=O) groups is 2. The Balaban J connectivity index is 1.50. The van der Waals surface area contributed by atoms with Crippen molar-refractivity contribution >= 4 is 39.9 Å². The highest BCUT2D eigenvalue weighted by molar-refractivity contribution is 6.31. The molecule has 0 unspecified atom stereocenters. The number of anilines is 1. The van der Waals surface area contributed by atoms with E-state index in [9.17, 15) is 14.4 Å². The zero-order valence-electron chi connectivity index (χ0n) is 17.8. The topological polar surface area (TPSA) is 99.5 Å². The first-order valence-electron chi connectivity index (χ1n) is 10.5. The van der Waals surface area contributed by atoms with Crippen molar-refractivity contribution in [1.29, 1.82) is 0 Å². The molecule has 34 heavy (non-hydrogen) atoms. The number of halogens is 1. The van der Waals surface area contributed by atoms with E-state index in [0.29, 0.717) is 46.5 Å². The number of hydrogen-bond donors (Lipinski definition) is 1. The maximum atomic E-state index is 13.1. The van der Waals surface area contributed by atoms with Gasteiger partial charge in [0.05, 0.1) is 11.1 Å². The molecule has 170 valence electrons. The minimum absolute atomic E-state index is 0.0619. The second-order valence-corrected chi connectivity index (χ2v) is 8.07. The molecule has 1 N–H and O–H groups in total. The standard InChI is InChI=1S/C25H18ClN3O5/c26-16-1-3-20-18(11-16)25(32)19(24(31)15-5-7-27-8-6-15)13-29(20)14-23(30)28-17-2-4-21-22(12-17)34-10-9-33-21/h1-8,11-13H,9-10,14H2,(H,28,30). The molecule has 1 aliphatic heterocycles. The fourth-order valence-corrected chi connectivity index (χ4v) is 3.97. The lowest BCUT2D eigenvalue weighted by Crippen LogP contribution is -2.24. The van der Waals surface area contributed by atoms with Crippen molar-refractivity contribution in [3.05, 3.63) is 93.5 Å². The molecule has 9 heteroatoms. The Kier molecular flexibility index (Phi) is 5.73. The van der Waals surface area contributed by atoms with Crippen molar-refractivity contribution in [1.82, 2.24) is 9.55 Å². The molecule has 1 aliphatic rings. The molecule has 0 fully saturated rings. The Morgan fingerprint density at radius 2 is 1.76 bits per heavy atom. The van der Waals surface area contributed by atoms with Gasteiger partial charge in [-0.05, 0) is 42.5 Å². The van der Waals surface area contributed by atoms with Crippen LogP contribution in [0.25, 0.3) is 10.9 Å². The number of benzene rings is 2. The number of ketones is 1. The second-order valence-electron chi connectivity index (χ2n) is 7.63. The predicted octanol–water partition coefficient (Wildman–Crippen LogP) is 3.69. The van der Waals surface area contributed by atoms with Gasteiger partial charge in [-0.1, -0.05) is 11.6 Å². The summed E-state index contributed by atoms with van der Waals surface area (Å²) in [5.41, 5.74) is 0.824. The van der Waals surface area contributed by atoms with Gasteiger partial charge in [0, 0.05) is 46.3 Å². The lowest BCUT2D eigenvalue weighted by atomic mass is 10.0. The van der Waals surface area contributed by atoms with Gasteiger partial charge >= 0.3 is 0 Å². The average molecular weight is 476 g/mol. The van der Waals surface area contributed by atoms with E-state index in [0.717, 1.165) is 0 Å². The highest BCUT2D eigenvalue weighted by Crippen LogP contribution is 2.32. The molecule has 0 bridgehead atoms. The highest BCUT2D eigenvalue weighted by Gasteiger charge is 2.19. The summed E-state index contributed by atoms with van der Waals surface area (Å²) in [5, 5.41) is 3.42. The quantitative estimate of drug-likeness (QED) is 0.442. The number of rotatable bonds is 5. The zero-order chi connectivity index (χ0) is 23.7. The summed E-state index contributed by atoms with van der Waals surface area (Å²) >= 11 is 6.12. The van der Waals surface area contributed by atoms with E-state index in [1.807, 2.05) is 0 Å². The molecule has 5 rings (SSSR count). The van der Waals surface area contributed by atoms with Gasteiger partial charge in [0.2, 0.25) is 11.3 Å². The fraction of sp³-hybridized carbons (Fsp3) is 0.120. The summed E-state index contributed by atoms with van der Waals surface area (Å²) in [6, 6.07) is 13.0. The molecule has 0 saturated heterocycles. The van der Waals surface area contributed by atoms with Crippen LogP contribution in [0.5, 0.6) is 11.5 Å². The number of aromatic nitrogens is 2.